The van der Waals surface area contributed by atoms with E-state index in [-0.39, 0.29) is 30.6 Å². The molecule has 2 saturated heterocycles. The fourth-order valence-corrected chi connectivity index (χ4v) is 5.85. The van der Waals surface area contributed by atoms with Gasteiger partial charge in [-0.25, -0.2) is 9.97 Å². The summed E-state index contributed by atoms with van der Waals surface area (Å²) >= 11 is 0. The first-order valence-corrected chi connectivity index (χ1v) is 14.4. The van der Waals surface area contributed by atoms with Crippen molar-refractivity contribution in [3.63, 3.8) is 0 Å². The van der Waals surface area contributed by atoms with Crippen molar-refractivity contribution in [3.05, 3.63) is 82.3 Å². The van der Waals surface area contributed by atoms with Crippen LogP contribution in [-0.2, 0) is 35.5 Å². The van der Waals surface area contributed by atoms with E-state index in [1.807, 2.05) is 29.2 Å². The number of aryl methyl sites for hydroxylation is 1. The Kier molecular flexibility index (Phi) is 7.97. The molecule has 2 fully saturated rings. The summed E-state index contributed by atoms with van der Waals surface area (Å²) in [6.45, 7) is 5.19. The van der Waals surface area contributed by atoms with Gasteiger partial charge in [0, 0.05) is 56.3 Å². The number of hydrogen-bond donors (Lipinski definition) is 1. The van der Waals surface area contributed by atoms with Gasteiger partial charge in [0.25, 0.3) is 5.91 Å². The van der Waals surface area contributed by atoms with Crippen LogP contribution in [0.15, 0.2) is 48.5 Å². The molecule has 13 heteroatoms. The zero-order chi connectivity index (χ0) is 31.0. The second kappa shape index (κ2) is 11.9. The summed E-state index contributed by atoms with van der Waals surface area (Å²) in [6, 6.07) is 13.6. The van der Waals surface area contributed by atoms with E-state index in [9.17, 15) is 27.6 Å². The molecule has 10 nitrogen and oxygen atoms in total. The van der Waals surface area contributed by atoms with Crippen LogP contribution in [0.5, 0.6) is 5.75 Å². The Bertz CT molecular complexity index is 1590. The number of fused-ring (bicyclic) bond motifs is 1. The number of ether oxygens (including phenoxy) is 1. The van der Waals surface area contributed by atoms with Crippen molar-refractivity contribution in [1.29, 1.82) is 0 Å². The molecule has 4 heterocycles. The normalized spacial score (nSPS) is 19.3. The van der Waals surface area contributed by atoms with Gasteiger partial charge >= 0.3 is 6.18 Å². The Balaban J connectivity index is 1.02. The topological polar surface area (TPSA) is 108 Å². The standard InChI is InChI=1S/C31H31F3N6O4/c1-19-35-26(31(32,33)34)15-27(36-19)39-13-11-38(12-14-39)16-20-5-7-21(8-6-20)18-44-25-4-2-3-22-23(25)17-40(30(22)43)24-9-10-28(41)37-29(24)42/h2-8,15,24H,9-14,16-18H2,1H3,(H,37,41,42). The third kappa shape index (κ3) is 6.23. The van der Waals surface area contributed by atoms with Gasteiger partial charge in [-0.3, -0.25) is 24.6 Å². The number of carbonyl (C=O) groups is 3. The van der Waals surface area contributed by atoms with Crippen molar-refractivity contribution in [2.45, 2.75) is 51.7 Å². The van der Waals surface area contributed by atoms with E-state index >= 15 is 0 Å². The van der Waals surface area contributed by atoms with Crippen molar-refractivity contribution in [3.8, 4) is 5.75 Å². The van der Waals surface area contributed by atoms with E-state index in [1.165, 1.54) is 11.8 Å². The maximum Gasteiger partial charge on any atom is 0.433 e. The van der Waals surface area contributed by atoms with Crippen molar-refractivity contribution in [2.75, 3.05) is 31.1 Å². The van der Waals surface area contributed by atoms with Crippen LogP contribution in [0.25, 0.3) is 0 Å². The molecule has 2 aromatic carbocycles. The Morgan fingerprint density at radius 2 is 1.70 bits per heavy atom. The number of nitrogens with one attached hydrogen (secondary N) is 1. The summed E-state index contributed by atoms with van der Waals surface area (Å²) in [5.41, 5.74) is 2.35. The predicted octanol–water partition coefficient (Wildman–Crippen LogP) is 3.47. The highest BCUT2D eigenvalue weighted by Crippen LogP contribution is 2.34. The van der Waals surface area contributed by atoms with Gasteiger partial charge < -0.3 is 14.5 Å². The predicted molar refractivity (Wildman–Crippen MR) is 153 cm³/mol. The number of carbonyl (C=O) groups excluding carboxylic acids is 3. The Labute approximate surface area is 251 Å². The number of rotatable bonds is 7. The first-order valence-electron chi connectivity index (χ1n) is 14.4. The molecule has 3 amide bonds. The molecule has 1 N–H and O–H groups in total. The Hall–Kier alpha value is -4.52. The Morgan fingerprint density at radius 1 is 0.977 bits per heavy atom. The molecule has 1 aromatic heterocycles. The van der Waals surface area contributed by atoms with Gasteiger partial charge in [-0.05, 0) is 36.6 Å². The van der Waals surface area contributed by atoms with Gasteiger partial charge in [-0.1, -0.05) is 30.3 Å². The van der Waals surface area contributed by atoms with E-state index in [4.69, 9.17) is 4.74 Å². The average Bonchev–Trinajstić information content (AvgIpc) is 3.33. The highest BCUT2D eigenvalue weighted by Gasteiger charge is 2.40. The molecule has 230 valence electrons. The molecule has 0 saturated carbocycles. The van der Waals surface area contributed by atoms with Gasteiger partial charge in [-0.15, -0.1) is 0 Å². The molecule has 44 heavy (non-hydrogen) atoms. The van der Waals surface area contributed by atoms with E-state index < -0.39 is 23.8 Å². The molecule has 1 atom stereocenters. The van der Waals surface area contributed by atoms with Gasteiger partial charge in [-0.2, -0.15) is 13.2 Å². The lowest BCUT2D eigenvalue weighted by Gasteiger charge is -2.35. The number of benzene rings is 2. The molecule has 3 aliphatic heterocycles. The highest BCUT2D eigenvalue weighted by molar-refractivity contribution is 6.05. The number of piperazine rings is 1. The largest absolute Gasteiger partial charge is 0.489 e. The van der Waals surface area contributed by atoms with Crippen LogP contribution in [0, 0.1) is 6.92 Å². The van der Waals surface area contributed by atoms with Crippen LogP contribution in [0.3, 0.4) is 0 Å². The molecular weight excluding hydrogens is 577 g/mol. The summed E-state index contributed by atoms with van der Waals surface area (Å²) in [4.78, 5) is 50.3. The lowest BCUT2D eigenvalue weighted by atomic mass is 10.0. The van der Waals surface area contributed by atoms with Gasteiger partial charge in [0.1, 0.15) is 35.7 Å². The number of alkyl halides is 3. The summed E-state index contributed by atoms with van der Waals surface area (Å²) in [7, 11) is 0. The van der Waals surface area contributed by atoms with Crippen LogP contribution in [0.4, 0.5) is 19.0 Å². The molecular formula is C31H31F3N6O4. The minimum absolute atomic E-state index is 0.0978. The molecule has 3 aliphatic rings. The van der Waals surface area contributed by atoms with Gasteiger partial charge in [0.15, 0.2) is 0 Å². The average molecular weight is 609 g/mol. The smallest absolute Gasteiger partial charge is 0.433 e. The van der Waals surface area contributed by atoms with Crippen LogP contribution >= 0.6 is 0 Å². The number of aromatic nitrogens is 2. The number of halogens is 3. The molecule has 0 aliphatic carbocycles. The molecule has 1 unspecified atom stereocenters. The first kappa shape index (κ1) is 29.5. The molecule has 3 aromatic rings. The molecule has 0 bridgehead atoms. The number of amides is 3. The summed E-state index contributed by atoms with van der Waals surface area (Å²) in [5.74, 6) is -0.0522. The maximum absolute atomic E-state index is 13.2. The van der Waals surface area contributed by atoms with Crippen molar-refractivity contribution in [2.24, 2.45) is 0 Å². The van der Waals surface area contributed by atoms with E-state index in [0.717, 1.165) is 22.8 Å². The van der Waals surface area contributed by atoms with Crippen molar-refractivity contribution < 1.29 is 32.3 Å². The fraction of sp³-hybridized carbons (Fsp3) is 0.387. The number of hydrogen-bond acceptors (Lipinski definition) is 8. The van der Waals surface area contributed by atoms with Crippen LogP contribution in [0.2, 0.25) is 0 Å². The monoisotopic (exact) mass is 608 g/mol. The van der Waals surface area contributed by atoms with Gasteiger partial charge in [0.2, 0.25) is 11.8 Å². The minimum atomic E-state index is -4.51. The van der Waals surface area contributed by atoms with Crippen LogP contribution < -0.4 is 15.0 Å². The molecule has 6 rings (SSSR count). The van der Waals surface area contributed by atoms with Crippen molar-refractivity contribution in [1.82, 2.24) is 25.1 Å². The zero-order valence-electron chi connectivity index (χ0n) is 24.1. The number of piperidine rings is 1. The van der Waals surface area contributed by atoms with E-state index in [1.54, 1.807) is 18.2 Å². The lowest BCUT2D eigenvalue weighted by molar-refractivity contribution is -0.141. The number of anilines is 1. The fourth-order valence-electron chi connectivity index (χ4n) is 5.85. The number of nitrogens with zero attached hydrogens (tertiary/aromatic N) is 5. The van der Waals surface area contributed by atoms with E-state index in [0.29, 0.717) is 62.9 Å². The van der Waals surface area contributed by atoms with E-state index in [2.05, 4.69) is 20.2 Å². The third-order valence-electron chi connectivity index (χ3n) is 8.17. The maximum atomic E-state index is 13.2. The summed E-state index contributed by atoms with van der Waals surface area (Å²) in [5, 5.41) is 2.31. The number of imide groups is 1. The quantitative estimate of drug-likeness (QED) is 0.407. The third-order valence-corrected chi connectivity index (χ3v) is 8.17. The second-order valence-electron chi connectivity index (χ2n) is 11.2. The van der Waals surface area contributed by atoms with Crippen LogP contribution in [-0.4, -0.2) is 69.7 Å². The van der Waals surface area contributed by atoms with Gasteiger partial charge in [0.05, 0.1) is 6.54 Å². The Morgan fingerprint density at radius 3 is 2.41 bits per heavy atom. The zero-order valence-corrected chi connectivity index (χ0v) is 24.1. The first-order chi connectivity index (χ1) is 21.0. The van der Waals surface area contributed by atoms with Crippen molar-refractivity contribution >= 4 is 23.5 Å². The van der Waals surface area contributed by atoms with Crippen LogP contribution in [0.1, 0.15) is 51.4 Å². The lowest BCUT2D eigenvalue weighted by Crippen LogP contribution is -2.52. The molecule has 0 spiro atoms. The SMILES string of the molecule is Cc1nc(N2CCN(Cc3ccc(COc4cccc5c4CN(C4CCC(=O)NC4=O)C5=O)cc3)CC2)cc(C(F)(F)F)n1. The molecule has 0 radical (unpaired) electrons. The highest BCUT2D eigenvalue weighted by atomic mass is 19.4. The minimum Gasteiger partial charge on any atom is -0.489 e. The summed E-state index contributed by atoms with van der Waals surface area (Å²) < 4.78 is 45.7. The summed E-state index contributed by atoms with van der Waals surface area (Å²) in [6.07, 6.45) is -4.02. The second-order valence-corrected chi connectivity index (χ2v) is 11.2.